The molecule has 152 valence electrons. The van der Waals surface area contributed by atoms with E-state index in [2.05, 4.69) is 20.7 Å². The van der Waals surface area contributed by atoms with Crippen LogP contribution in [0.3, 0.4) is 0 Å². The van der Waals surface area contributed by atoms with Crippen LogP contribution < -0.4 is 9.46 Å². The Morgan fingerprint density at radius 3 is 2.45 bits per heavy atom. The van der Waals surface area contributed by atoms with Gasteiger partial charge in [0, 0.05) is 15.2 Å². The fraction of sp³-hybridized carbons (Fsp3) is 0.150. The van der Waals surface area contributed by atoms with Crippen molar-refractivity contribution in [2.24, 2.45) is 0 Å². The van der Waals surface area contributed by atoms with Gasteiger partial charge in [-0.1, -0.05) is 46.3 Å². The molecule has 0 heterocycles. The predicted octanol–water partition coefficient (Wildman–Crippen LogP) is 4.68. The van der Waals surface area contributed by atoms with Crippen LogP contribution in [0.2, 0.25) is 0 Å². The first kappa shape index (κ1) is 21.5. The maximum atomic E-state index is 12.9. The maximum absolute atomic E-state index is 12.9. The molecule has 29 heavy (non-hydrogen) atoms. The van der Waals surface area contributed by atoms with Gasteiger partial charge in [-0.2, -0.15) is 0 Å². The van der Waals surface area contributed by atoms with Crippen LogP contribution in [0, 0.1) is 0 Å². The first-order valence-electron chi connectivity index (χ1n) is 8.43. The second-order valence-corrected chi connectivity index (χ2v) is 9.54. The van der Waals surface area contributed by atoms with Crippen molar-refractivity contribution in [2.45, 2.75) is 9.79 Å². The Kier molecular flexibility index (Phi) is 6.71. The van der Waals surface area contributed by atoms with Gasteiger partial charge >= 0.3 is 5.97 Å². The van der Waals surface area contributed by atoms with Gasteiger partial charge in [0.2, 0.25) is 0 Å². The molecule has 0 aromatic heterocycles. The molecular formula is C20H18BrNO5S2. The van der Waals surface area contributed by atoms with Gasteiger partial charge in [0.25, 0.3) is 10.0 Å². The van der Waals surface area contributed by atoms with E-state index in [-0.39, 0.29) is 16.6 Å². The quantitative estimate of drug-likeness (QED) is 0.378. The highest BCUT2D eigenvalue weighted by molar-refractivity contribution is 9.10. The van der Waals surface area contributed by atoms with E-state index in [4.69, 9.17) is 9.47 Å². The number of esters is 1. The molecule has 0 radical (unpaired) electrons. The van der Waals surface area contributed by atoms with E-state index < -0.39 is 10.0 Å². The molecule has 1 N–H and O–H groups in total. The first-order valence-corrected chi connectivity index (χ1v) is 11.7. The Hall–Kier alpha value is -2.23. The van der Waals surface area contributed by atoms with Gasteiger partial charge in [0.05, 0.1) is 35.5 Å². The summed E-state index contributed by atoms with van der Waals surface area (Å²) in [7, 11) is -0.967. The monoisotopic (exact) mass is 495 g/mol. The fourth-order valence-corrected chi connectivity index (χ4v) is 5.34. The molecule has 0 unspecified atom stereocenters. The van der Waals surface area contributed by atoms with E-state index in [1.165, 1.54) is 38.1 Å². The van der Waals surface area contributed by atoms with Crippen molar-refractivity contribution < 1.29 is 22.7 Å². The number of carbonyl (C=O) groups excluding carboxylic acids is 1. The lowest BCUT2D eigenvalue weighted by Gasteiger charge is -2.16. The summed E-state index contributed by atoms with van der Waals surface area (Å²) in [5, 5.41) is 1.42. The summed E-state index contributed by atoms with van der Waals surface area (Å²) in [5.74, 6) is 0.254. The Bertz CT molecular complexity index is 1160. The minimum absolute atomic E-state index is 0.0724. The number of carbonyl (C=O) groups is 1. The van der Waals surface area contributed by atoms with Crippen molar-refractivity contribution in [3.8, 4) is 5.75 Å². The highest BCUT2D eigenvalue weighted by Gasteiger charge is 2.20. The Morgan fingerprint density at radius 1 is 1.07 bits per heavy atom. The molecule has 6 nitrogen and oxygen atoms in total. The molecule has 0 saturated heterocycles. The zero-order chi connectivity index (χ0) is 21.0. The molecule has 0 aliphatic carbocycles. The normalized spacial score (nSPS) is 11.3. The molecule has 3 aromatic rings. The highest BCUT2D eigenvalue weighted by Crippen LogP contribution is 2.41. The number of benzene rings is 3. The standard InChI is InChI=1S/C20H18BrNO5S2/c1-26-19(23)12-28-18-11-17(15-8-3-4-9-16(15)20(18)27-2)22-29(24,25)14-7-5-6-13(21)10-14/h3-11,22H,12H2,1-2H3. The summed E-state index contributed by atoms with van der Waals surface area (Å²) in [6.45, 7) is 0. The summed E-state index contributed by atoms with van der Waals surface area (Å²) < 4.78 is 39.4. The molecule has 0 saturated carbocycles. The van der Waals surface area contributed by atoms with Gasteiger partial charge in [-0.25, -0.2) is 8.42 Å². The van der Waals surface area contributed by atoms with Crippen LogP contribution in [0.15, 0.2) is 68.9 Å². The molecular weight excluding hydrogens is 478 g/mol. The molecule has 9 heteroatoms. The molecule has 0 atom stereocenters. The number of thioether (sulfide) groups is 1. The van der Waals surface area contributed by atoms with Gasteiger partial charge < -0.3 is 9.47 Å². The van der Waals surface area contributed by atoms with Gasteiger partial charge in [-0.3, -0.25) is 9.52 Å². The third-order valence-electron chi connectivity index (χ3n) is 4.09. The van der Waals surface area contributed by atoms with Crippen molar-refractivity contribution in [1.29, 1.82) is 0 Å². The number of ether oxygens (including phenoxy) is 2. The minimum Gasteiger partial charge on any atom is -0.495 e. The number of hydrogen-bond acceptors (Lipinski definition) is 6. The average molecular weight is 496 g/mol. The van der Waals surface area contributed by atoms with Crippen molar-refractivity contribution >= 4 is 60.1 Å². The van der Waals surface area contributed by atoms with Gasteiger partial charge in [-0.15, -0.1) is 11.8 Å². The van der Waals surface area contributed by atoms with E-state index >= 15 is 0 Å². The molecule has 0 fully saturated rings. The lowest BCUT2D eigenvalue weighted by Crippen LogP contribution is -2.13. The van der Waals surface area contributed by atoms with E-state index in [0.29, 0.717) is 26.2 Å². The van der Waals surface area contributed by atoms with E-state index in [0.717, 1.165) is 5.39 Å². The molecule has 0 spiro atoms. The Morgan fingerprint density at radius 2 is 1.79 bits per heavy atom. The van der Waals surface area contributed by atoms with Crippen LogP contribution in [-0.4, -0.2) is 34.4 Å². The number of sulfonamides is 1. The van der Waals surface area contributed by atoms with Crippen molar-refractivity contribution in [3.05, 3.63) is 59.1 Å². The topological polar surface area (TPSA) is 81.7 Å². The largest absolute Gasteiger partial charge is 0.495 e. The minimum atomic E-state index is -3.82. The maximum Gasteiger partial charge on any atom is 0.315 e. The third-order valence-corrected chi connectivity index (χ3v) is 6.94. The average Bonchev–Trinajstić information content (AvgIpc) is 2.71. The second-order valence-electron chi connectivity index (χ2n) is 5.93. The number of halogens is 1. The smallest absolute Gasteiger partial charge is 0.315 e. The fourth-order valence-electron chi connectivity index (χ4n) is 2.76. The zero-order valence-electron chi connectivity index (χ0n) is 15.6. The van der Waals surface area contributed by atoms with Crippen LogP contribution in [0.1, 0.15) is 0 Å². The van der Waals surface area contributed by atoms with Crippen molar-refractivity contribution in [2.75, 3.05) is 24.7 Å². The Balaban J connectivity index is 2.10. The number of hydrogen-bond donors (Lipinski definition) is 1. The van der Waals surface area contributed by atoms with Crippen LogP contribution in [0.4, 0.5) is 5.69 Å². The summed E-state index contributed by atoms with van der Waals surface area (Å²) in [5.41, 5.74) is 0.397. The van der Waals surface area contributed by atoms with Gasteiger partial charge in [0.1, 0.15) is 5.75 Å². The number of nitrogens with one attached hydrogen (secondary N) is 1. The molecule has 3 rings (SSSR count). The van der Waals surface area contributed by atoms with E-state index in [1.54, 1.807) is 18.2 Å². The van der Waals surface area contributed by atoms with E-state index in [1.807, 2.05) is 24.3 Å². The van der Waals surface area contributed by atoms with Gasteiger partial charge in [-0.05, 0) is 24.3 Å². The van der Waals surface area contributed by atoms with Crippen LogP contribution in [-0.2, 0) is 19.6 Å². The lowest BCUT2D eigenvalue weighted by atomic mass is 10.1. The number of methoxy groups -OCH3 is 2. The highest BCUT2D eigenvalue weighted by atomic mass is 79.9. The van der Waals surface area contributed by atoms with Crippen LogP contribution in [0.5, 0.6) is 5.75 Å². The van der Waals surface area contributed by atoms with Crippen LogP contribution >= 0.6 is 27.7 Å². The predicted molar refractivity (Wildman–Crippen MR) is 118 cm³/mol. The molecule has 0 aliphatic rings. The Labute approximate surface area is 181 Å². The number of anilines is 1. The van der Waals surface area contributed by atoms with Crippen molar-refractivity contribution in [3.63, 3.8) is 0 Å². The van der Waals surface area contributed by atoms with E-state index in [9.17, 15) is 13.2 Å². The summed E-state index contributed by atoms with van der Waals surface area (Å²) in [6.07, 6.45) is 0. The number of fused-ring (bicyclic) bond motifs is 1. The molecule has 0 aliphatic heterocycles. The van der Waals surface area contributed by atoms with Crippen molar-refractivity contribution in [1.82, 2.24) is 0 Å². The lowest BCUT2D eigenvalue weighted by molar-refractivity contribution is -0.137. The first-order chi connectivity index (χ1) is 13.9. The number of rotatable bonds is 7. The van der Waals surface area contributed by atoms with Crippen LogP contribution in [0.25, 0.3) is 10.8 Å². The molecule has 0 amide bonds. The molecule has 0 bridgehead atoms. The third kappa shape index (κ3) is 4.85. The SMILES string of the molecule is COC(=O)CSc1cc(NS(=O)(=O)c2cccc(Br)c2)c2ccccc2c1OC. The zero-order valence-corrected chi connectivity index (χ0v) is 18.9. The van der Waals surface area contributed by atoms with Gasteiger partial charge in [0.15, 0.2) is 0 Å². The second kappa shape index (κ2) is 9.06. The molecule has 3 aromatic carbocycles. The summed E-state index contributed by atoms with van der Waals surface area (Å²) >= 11 is 4.51. The summed E-state index contributed by atoms with van der Waals surface area (Å²) in [4.78, 5) is 12.3. The summed E-state index contributed by atoms with van der Waals surface area (Å²) in [6, 6.07) is 15.4.